The molecule has 0 saturated carbocycles. The molecule has 0 spiro atoms. The molecule has 1 fully saturated rings. The molecule has 0 unspecified atom stereocenters. The Morgan fingerprint density at radius 1 is 1.05 bits per heavy atom. The van der Waals surface area contributed by atoms with Crippen molar-refractivity contribution in [2.75, 3.05) is 55.7 Å². The van der Waals surface area contributed by atoms with Crippen LogP contribution in [0.4, 0.5) is 28.8 Å². The van der Waals surface area contributed by atoms with Gasteiger partial charge in [0.25, 0.3) is 0 Å². The first-order valence-corrected chi connectivity index (χ1v) is 17.2. The third-order valence-electron chi connectivity index (χ3n) is 7.40. The van der Waals surface area contributed by atoms with Crippen LogP contribution in [0.15, 0.2) is 59.7 Å². The average molecular weight is 677 g/mol. The van der Waals surface area contributed by atoms with Crippen LogP contribution in [0, 0.1) is 0 Å². The largest absolute Gasteiger partial charge is 0.494 e. The summed E-state index contributed by atoms with van der Waals surface area (Å²) in [4.78, 5) is 20.9. The zero-order valence-electron chi connectivity index (χ0n) is 25.6. The summed E-state index contributed by atoms with van der Waals surface area (Å²) in [6, 6.07) is 8.15. The second-order valence-corrected chi connectivity index (χ2v) is 14.5. The smallest absolute Gasteiger partial charge is 0.229 e. The van der Waals surface area contributed by atoms with Crippen molar-refractivity contribution in [3.8, 4) is 16.9 Å². The summed E-state index contributed by atoms with van der Waals surface area (Å²) < 4.78 is 14.4. The topological polar surface area (TPSA) is 115 Å². The number of halogens is 1. The highest BCUT2D eigenvalue weighted by molar-refractivity contribution is 9.10. The highest BCUT2D eigenvalue weighted by atomic mass is 79.9. The number of anilines is 5. The van der Waals surface area contributed by atoms with Gasteiger partial charge in [-0.3, -0.25) is 14.6 Å². The Hall–Kier alpha value is -3.86. The number of morpholine rings is 1. The quantitative estimate of drug-likeness (QED) is 0.188. The van der Waals surface area contributed by atoms with E-state index < -0.39 is 7.92 Å². The molecular formula is C31H35BrN9O2P. The molecule has 0 atom stereocenters. The highest BCUT2D eigenvalue weighted by Gasteiger charge is 2.30. The molecule has 44 heavy (non-hydrogen) atoms. The Kier molecular flexibility index (Phi) is 8.41. The van der Waals surface area contributed by atoms with Crippen LogP contribution < -0.4 is 25.6 Å². The van der Waals surface area contributed by atoms with E-state index in [1.54, 1.807) is 30.4 Å². The molecule has 2 aromatic carbocycles. The fraction of sp³-hybridized carbons (Fsp3) is 0.323. The Morgan fingerprint density at radius 3 is 2.59 bits per heavy atom. The molecule has 0 radical (unpaired) electrons. The highest BCUT2D eigenvalue weighted by Crippen LogP contribution is 2.42. The average Bonchev–Trinajstić information content (AvgIpc) is 3.43. The number of methoxy groups -OCH3 is 1. The number of aryl methyl sites for hydroxylation is 1. The van der Waals surface area contributed by atoms with Gasteiger partial charge in [-0.1, -0.05) is 7.92 Å². The number of hydrogen-bond donors (Lipinski definition) is 2. The van der Waals surface area contributed by atoms with Gasteiger partial charge in [0.05, 0.1) is 46.7 Å². The van der Waals surface area contributed by atoms with Crippen LogP contribution in [0.25, 0.3) is 22.2 Å². The molecule has 3 aromatic heterocycles. The van der Waals surface area contributed by atoms with Gasteiger partial charge in [-0.05, 0) is 61.3 Å². The number of ether oxygens (including phenoxy) is 2. The van der Waals surface area contributed by atoms with Crippen molar-refractivity contribution >= 4 is 69.0 Å². The molecule has 1 saturated heterocycles. The Bertz CT molecular complexity index is 1830. The van der Waals surface area contributed by atoms with Gasteiger partial charge in [-0.25, -0.2) is 4.98 Å². The van der Waals surface area contributed by atoms with E-state index in [0.717, 1.165) is 62.1 Å². The SMILES string of the molecule is COc1cc(N2CCOC(C)(C)C2)c(-c2cnn(C)c2)cc1Nc1ncc(Br)c(Nc2ccc3nccnc3c2P(C)C)n1. The Labute approximate surface area is 266 Å². The van der Waals surface area contributed by atoms with E-state index in [2.05, 4.69) is 90.8 Å². The van der Waals surface area contributed by atoms with Crippen LogP contribution in [-0.2, 0) is 11.8 Å². The molecule has 6 rings (SSSR count). The number of benzene rings is 2. The lowest BCUT2D eigenvalue weighted by molar-refractivity contribution is -0.0276. The molecule has 2 N–H and O–H groups in total. The fourth-order valence-corrected chi connectivity index (χ4v) is 6.95. The van der Waals surface area contributed by atoms with Crippen LogP contribution in [0.5, 0.6) is 5.75 Å². The van der Waals surface area contributed by atoms with Gasteiger partial charge < -0.3 is 25.0 Å². The lowest BCUT2D eigenvalue weighted by Crippen LogP contribution is -2.48. The molecular weight excluding hydrogens is 641 g/mol. The lowest BCUT2D eigenvalue weighted by Gasteiger charge is -2.40. The summed E-state index contributed by atoms with van der Waals surface area (Å²) in [5, 5.41) is 12.5. The summed E-state index contributed by atoms with van der Waals surface area (Å²) in [7, 11) is 3.10. The number of rotatable bonds is 8. The molecule has 5 aromatic rings. The zero-order valence-corrected chi connectivity index (χ0v) is 28.1. The molecule has 13 heteroatoms. The predicted octanol–water partition coefficient (Wildman–Crippen LogP) is 6.06. The molecule has 228 valence electrons. The maximum absolute atomic E-state index is 6.00. The van der Waals surface area contributed by atoms with Crippen LogP contribution in [0.2, 0.25) is 0 Å². The molecule has 1 aliphatic rings. The second-order valence-electron chi connectivity index (χ2n) is 11.4. The minimum absolute atomic E-state index is 0.266. The second kappa shape index (κ2) is 12.3. The third kappa shape index (κ3) is 6.20. The standard InChI is InChI=1S/C31H35BrN9O2P/c1-31(2)18-41(11-12-43-31)25-14-26(42-4)24(13-20(25)19-15-36-40(3)17-19)38-30-35-16-21(32)29(39-30)37-23-8-7-22-27(28(23)44(5)6)34-10-9-33-22/h7-10,13-17H,11-12,18H2,1-6H3,(H2,35,37,38,39). The van der Waals surface area contributed by atoms with Crippen molar-refractivity contribution in [3.05, 3.63) is 59.7 Å². The van der Waals surface area contributed by atoms with Crippen LogP contribution in [0.3, 0.4) is 0 Å². The summed E-state index contributed by atoms with van der Waals surface area (Å²) in [5.41, 5.74) is 6.25. The summed E-state index contributed by atoms with van der Waals surface area (Å²) in [6.07, 6.45) is 9.07. The van der Waals surface area contributed by atoms with E-state index in [1.165, 1.54) is 0 Å². The van der Waals surface area contributed by atoms with E-state index in [1.807, 2.05) is 31.6 Å². The van der Waals surface area contributed by atoms with Gasteiger partial charge in [0.2, 0.25) is 5.95 Å². The van der Waals surface area contributed by atoms with Crippen molar-refractivity contribution < 1.29 is 9.47 Å². The molecule has 4 heterocycles. The van der Waals surface area contributed by atoms with Gasteiger partial charge in [-0.2, -0.15) is 10.1 Å². The van der Waals surface area contributed by atoms with Gasteiger partial charge in [0.15, 0.2) is 0 Å². The van der Waals surface area contributed by atoms with Crippen LogP contribution in [-0.4, -0.2) is 75.5 Å². The van der Waals surface area contributed by atoms with Crippen molar-refractivity contribution in [2.45, 2.75) is 19.4 Å². The maximum atomic E-state index is 6.00. The normalized spacial score (nSPS) is 14.7. The molecule has 0 amide bonds. The monoisotopic (exact) mass is 675 g/mol. The lowest BCUT2D eigenvalue weighted by atomic mass is 10.0. The van der Waals surface area contributed by atoms with Gasteiger partial charge in [0.1, 0.15) is 11.6 Å². The van der Waals surface area contributed by atoms with Crippen molar-refractivity contribution in [2.24, 2.45) is 7.05 Å². The van der Waals surface area contributed by atoms with Crippen LogP contribution >= 0.6 is 23.9 Å². The molecule has 1 aliphatic heterocycles. The van der Waals surface area contributed by atoms with E-state index >= 15 is 0 Å². The summed E-state index contributed by atoms with van der Waals surface area (Å²) >= 11 is 3.63. The van der Waals surface area contributed by atoms with E-state index in [0.29, 0.717) is 24.1 Å². The van der Waals surface area contributed by atoms with Gasteiger partial charge in [0, 0.05) is 78.8 Å². The number of hydrogen-bond acceptors (Lipinski definition) is 10. The maximum Gasteiger partial charge on any atom is 0.229 e. The zero-order chi connectivity index (χ0) is 31.0. The van der Waals surface area contributed by atoms with Gasteiger partial charge in [-0.15, -0.1) is 0 Å². The first-order valence-electron chi connectivity index (χ1n) is 14.2. The molecule has 0 bridgehead atoms. The minimum atomic E-state index is -0.490. The molecule has 11 nitrogen and oxygen atoms in total. The molecule has 0 aliphatic carbocycles. The number of aromatic nitrogens is 6. The van der Waals surface area contributed by atoms with Crippen molar-refractivity contribution in [3.63, 3.8) is 0 Å². The fourth-order valence-electron chi connectivity index (χ4n) is 5.45. The summed E-state index contributed by atoms with van der Waals surface area (Å²) in [6.45, 7) is 10.8. The number of nitrogens with one attached hydrogen (secondary N) is 2. The minimum Gasteiger partial charge on any atom is -0.494 e. The van der Waals surface area contributed by atoms with Crippen molar-refractivity contribution in [1.29, 1.82) is 0 Å². The number of fused-ring (bicyclic) bond motifs is 1. The Morgan fingerprint density at radius 2 is 1.86 bits per heavy atom. The van der Waals surface area contributed by atoms with Gasteiger partial charge >= 0.3 is 0 Å². The summed E-state index contributed by atoms with van der Waals surface area (Å²) in [5.74, 6) is 1.72. The van der Waals surface area contributed by atoms with E-state index in [4.69, 9.17) is 14.5 Å². The number of nitrogens with zero attached hydrogens (tertiary/aromatic N) is 7. The van der Waals surface area contributed by atoms with Crippen LogP contribution in [0.1, 0.15) is 13.8 Å². The predicted molar refractivity (Wildman–Crippen MR) is 182 cm³/mol. The van der Waals surface area contributed by atoms with Crippen molar-refractivity contribution in [1.82, 2.24) is 29.7 Å². The van der Waals surface area contributed by atoms with E-state index in [-0.39, 0.29) is 5.60 Å². The first kappa shape index (κ1) is 30.2. The Balaban J connectivity index is 1.37. The first-order chi connectivity index (χ1) is 21.1. The third-order valence-corrected chi connectivity index (χ3v) is 9.33. The van der Waals surface area contributed by atoms with E-state index in [9.17, 15) is 0 Å².